The van der Waals surface area contributed by atoms with Crippen LogP contribution in [0.1, 0.15) is 21.7 Å². The van der Waals surface area contributed by atoms with Crippen molar-refractivity contribution in [3.8, 4) is 0 Å². The summed E-state index contributed by atoms with van der Waals surface area (Å²) in [5.74, 6) is -1.51. The second-order valence-corrected chi connectivity index (χ2v) is 6.94. The van der Waals surface area contributed by atoms with Crippen LogP contribution in [0.2, 0.25) is 0 Å². The van der Waals surface area contributed by atoms with E-state index in [1.807, 2.05) is 12.2 Å². The minimum absolute atomic E-state index is 0.167. The number of hydrogen-bond donors (Lipinski definition) is 1. The number of fused-ring (bicyclic) bond motifs is 5. The summed E-state index contributed by atoms with van der Waals surface area (Å²) in [7, 11) is 0. The predicted octanol–water partition coefficient (Wildman–Crippen LogP) is 2.07. The molecule has 2 amide bonds. The molecule has 1 aromatic rings. The van der Waals surface area contributed by atoms with Crippen LogP contribution in [0.4, 0.5) is 5.00 Å². The van der Waals surface area contributed by atoms with Crippen LogP contribution in [0.3, 0.4) is 0 Å². The molecule has 2 heterocycles. The summed E-state index contributed by atoms with van der Waals surface area (Å²) in [5, 5.41) is 9.56. The van der Waals surface area contributed by atoms with E-state index in [2.05, 4.69) is 0 Å². The summed E-state index contributed by atoms with van der Waals surface area (Å²) in [6, 6.07) is 1.63. The maximum atomic E-state index is 12.6. The van der Waals surface area contributed by atoms with E-state index < -0.39 is 5.97 Å². The minimum atomic E-state index is -1.02. The first-order valence-corrected chi connectivity index (χ1v) is 7.70. The van der Waals surface area contributed by atoms with E-state index in [9.17, 15) is 14.4 Å². The van der Waals surface area contributed by atoms with Crippen molar-refractivity contribution in [2.75, 3.05) is 4.90 Å². The molecule has 0 spiro atoms. The fraction of sp³-hybridized carbons (Fsp3) is 0.400. The van der Waals surface area contributed by atoms with Crippen LogP contribution < -0.4 is 4.90 Å². The van der Waals surface area contributed by atoms with Crippen molar-refractivity contribution in [3.05, 3.63) is 28.7 Å². The third kappa shape index (κ3) is 1.53. The van der Waals surface area contributed by atoms with Crippen LogP contribution in [0.15, 0.2) is 18.2 Å². The first kappa shape index (κ1) is 12.8. The molecule has 6 heteroatoms. The largest absolute Gasteiger partial charge is 0.477 e. The van der Waals surface area contributed by atoms with Crippen molar-refractivity contribution in [2.24, 2.45) is 23.7 Å². The lowest BCUT2D eigenvalue weighted by molar-refractivity contribution is -0.123. The van der Waals surface area contributed by atoms with Gasteiger partial charge in [-0.3, -0.25) is 9.59 Å². The number of amides is 2. The molecule has 2 aliphatic carbocycles. The Labute approximate surface area is 124 Å². The Morgan fingerprint density at radius 2 is 1.81 bits per heavy atom. The molecule has 1 aliphatic heterocycles. The van der Waals surface area contributed by atoms with Crippen molar-refractivity contribution in [1.82, 2.24) is 0 Å². The molecule has 4 rings (SSSR count). The molecule has 1 N–H and O–H groups in total. The molecule has 0 radical (unpaired) electrons. The summed E-state index contributed by atoms with van der Waals surface area (Å²) < 4.78 is 0. The smallest absolute Gasteiger partial charge is 0.346 e. The molecule has 5 nitrogen and oxygen atoms in total. The van der Waals surface area contributed by atoms with Crippen LogP contribution >= 0.6 is 11.3 Å². The Balaban J connectivity index is 1.74. The van der Waals surface area contributed by atoms with E-state index in [1.54, 1.807) is 13.0 Å². The maximum Gasteiger partial charge on any atom is 0.346 e. The molecule has 108 valence electrons. The van der Waals surface area contributed by atoms with Gasteiger partial charge in [-0.2, -0.15) is 0 Å². The number of carbonyl (C=O) groups is 3. The molecule has 1 saturated carbocycles. The zero-order valence-corrected chi connectivity index (χ0v) is 12.1. The number of aryl methyl sites for hydroxylation is 1. The van der Waals surface area contributed by atoms with Gasteiger partial charge in [0.1, 0.15) is 9.88 Å². The monoisotopic (exact) mass is 303 g/mol. The lowest BCUT2D eigenvalue weighted by Gasteiger charge is -2.14. The third-order valence-corrected chi connectivity index (χ3v) is 6.00. The molecular weight excluding hydrogens is 290 g/mol. The maximum absolute atomic E-state index is 12.6. The Hall–Kier alpha value is -1.95. The van der Waals surface area contributed by atoms with Gasteiger partial charge in [-0.1, -0.05) is 12.2 Å². The van der Waals surface area contributed by atoms with E-state index in [0.29, 0.717) is 10.6 Å². The second-order valence-electron chi connectivity index (χ2n) is 5.91. The number of nitrogens with zero attached hydrogens (tertiary/aromatic N) is 1. The Bertz CT molecular complexity index is 689. The highest BCUT2D eigenvalue weighted by Gasteiger charge is 2.59. The minimum Gasteiger partial charge on any atom is -0.477 e. The normalized spacial score (nSPS) is 33.1. The van der Waals surface area contributed by atoms with E-state index in [4.69, 9.17) is 5.11 Å². The molecule has 3 aliphatic rings. The highest BCUT2D eigenvalue weighted by atomic mass is 32.1. The van der Waals surface area contributed by atoms with E-state index in [0.717, 1.165) is 17.8 Å². The first-order valence-electron chi connectivity index (χ1n) is 6.89. The summed E-state index contributed by atoms with van der Waals surface area (Å²) in [4.78, 5) is 37.8. The number of rotatable bonds is 2. The number of carboxylic acid groups (broad SMARTS) is 1. The number of hydrogen-bond acceptors (Lipinski definition) is 4. The van der Waals surface area contributed by atoms with E-state index in [1.165, 1.54) is 4.90 Å². The van der Waals surface area contributed by atoms with Gasteiger partial charge in [-0.05, 0) is 36.8 Å². The van der Waals surface area contributed by atoms with Gasteiger partial charge in [0.25, 0.3) is 0 Å². The van der Waals surface area contributed by atoms with Gasteiger partial charge in [0.2, 0.25) is 11.8 Å². The second kappa shape index (κ2) is 4.04. The number of carboxylic acids is 1. The number of aromatic carboxylic acids is 1. The summed E-state index contributed by atoms with van der Waals surface area (Å²) in [6.45, 7) is 1.68. The predicted molar refractivity (Wildman–Crippen MR) is 76.2 cm³/mol. The average molecular weight is 303 g/mol. The number of allylic oxidation sites excluding steroid dienone is 2. The zero-order chi connectivity index (χ0) is 14.9. The number of anilines is 1. The Morgan fingerprint density at radius 3 is 2.29 bits per heavy atom. The van der Waals surface area contributed by atoms with Crippen LogP contribution in [0.25, 0.3) is 0 Å². The van der Waals surface area contributed by atoms with E-state index >= 15 is 0 Å². The molecule has 0 aromatic carbocycles. The van der Waals surface area contributed by atoms with Crippen molar-refractivity contribution in [1.29, 1.82) is 0 Å². The lowest BCUT2D eigenvalue weighted by Crippen LogP contribution is -2.32. The number of carbonyl (C=O) groups excluding carboxylic acids is 2. The van der Waals surface area contributed by atoms with Crippen LogP contribution in [0, 0.1) is 30.6 Å². The van der Waals surface area contributed by atoms with Gasteiger partial charge in [0.05, 0.1) is 11.8 Å². The van der Waals surface area contributed by atoms with Crippen molar-refractivity contribution in [2.45, 2.75) is 13.3 Å². The van der Waals surface area contributed by atoms with Crippen LogP contribution in [-0.2, 0) is 9.59 Å². The Morgan fingerprint density at radius 1 is 1.24 bits per heavy atom. The molecule has 4 atom stereocenters. The molecule has 4 unspecified atom stereocenters. The third-order valence-electron chi connectivity index (χ3n) is 4.79. The van der Waals surface area contributed by atoms with Crippen LogP contribution in [-0.4, -0.2) is 22.9 Å². The van der Waals surface area contributed by atoms with Gasteiger partial charge in [0, 0.05) is 0 Å². The van der Waals surface area contributed by atoms with Gasteiger partial charge in [-0.25, -0.2) is 9.69 Å². The molecular formula is C15H13NO4S. The quantitative estimate of drug-likeness (QED) is 0.670. The van der Waals surface area contributed by atoms with Gasteiger partial charge in [0.15, 0.2) is 0 Å². The average Bonchev–Trinajstić information content (AvgIpc) is 3.14. The number of thiophene rings is 1. The summed E-state index contributed by atoms with van der Waals surface area (Å²) >= 11 is 0.998. The molecule has 21 heavy (non-hydrogen) atoms. The van der Waals surface area contributed by atoms with Crippen molar-refractivity contribution in [3.63, 3.8) is 0 Å². The fourth-order valence-electron chi connectivity index (χ4n) is 3.91. The molecule has 1 aromatic heterocycles. The Kier molecular flexibility index (Phi) is 2.45. The molecule has 2 fully saturated rings. The van der Waals surface area contributed by atoms with Gasteiger partial charge < -0.3 is 5.11 Å². The van der Waals surface area contributed by atoms with Gasteiger partial charge >= 0.3 is 5.97 Å². The van der Waals surface area contributed by atoms with Gasteiger partial charge in [-0.15, -0.1) is 11.3 Å². The number of imide groups is 1. The highest BCUT2D eigenvalue weighted by Crippen LogP contribution is 2.53. The van der Waals surface area contributed by atoms with E-state index in [-0.39, 0.29) is 40.4 Å². The topological polar surface area (TPSA) is 74.7 Å². The SMILES string of the molecule is Cc1cc(N2C(=O)C3C4C=CC(C4)C3C2=O)sc1C(=O)O. The standard InChI is InChI=1S/C15H13NO4S/c1-6-4-9(21-12(6)15(19)20)16-13(17)10-7-2-3-8(5-7)11(10)14(16)18/h2-4,7-8,10-11H,5H2,1H3,(H,19,20). The zero-order valence-electron chi connectivity index (χ0n) is 11.3. The van der Waals surface area contributed by atoms with Crippen molar-refractivity contribution < 1.29 is 19.5 Å². The lowest BCUT2D eigenvalue weighted by atomic mass is 9.85. The van der Waals surface area contributed by atoms with Crippen LogP contribution in [0.5, 0.6) is 0 Å². The molecule has 2 bridgehead atoms. The molecule has 1 saturated heterocycles. The summed E-state index contributed by atoms with van der Waals surface area (Å²) in [6.07, 6.45) is 4.98. The first-order chi connectivity index (χ1) is 9.99. The fourth-order valence-corrected chi connectivity index (χ4v) is 4.93. The van der Waals surface area contributed by atoms with Crippen molar-refractivity contribution >= 4 is 34.1 Å². The highest BCUT2D eigenvalue weighted by molar-refractivity contribution is 7.18. The summed E-state index contributed by atoms with van der Waals surface area (Å²) in [5.41, 5.74) is 0.584.